The van der Waals surface area contributed by atoms with Crippen molar-refractivity contribution >= 4 is 17.4 Å². The maximum absolute atomic E-state index is 11.4. The minimum absolute atomic E-state index is 0.0118. The van der Waals surface area contributed by atoms with Crippen molar-refractivity contribution in [1.29, 1.82) is 0 Å². The highest BCUT2D eigenvalue weighted by atomic mass is 32.1. The molecule has 3 heterocycles. The van der Waals surface area contributed by atoms with Crippen LogP contribution in [0.2, 0.25) is 0 Å². The number of aromatic nitrogens is 1. The number of rotatable bonds is 5. The molecule has 0 aliphatic carbocycles. The number of carbonyl (C=O) groups is 1. The fourth-order valence-electron chi connectivity index (χ4n) is 3.67. The molecule has 2 saturated heterocycles. The summed E-state index contributed by atoms with van der Waals surface area (Å²) in [6.07, 6.45) is 6.13. The first-order chi connectivity index (χ1) is 12.2. The predicted molar refractivity (Wildman–Crippen MR) is 99.7 cm³/mol. The number of aryl methyl sites for hydroxylation is 2. The smallest absolute Gasteiger partial charge is 0.315 e. The van der Waals surface area contributed by atoms with Crippen LogP contribution >= 0.6 is 11.3 Å². The Morgan fingerprint density at radius 3 is 2.68 bits per heavy atom. The molecule has 0 radical (unpaired) electrons. The summed E-state index contributed by atoms with van der Waals surface area (Å²) in [7, 11) is 0. The Labute approximate surface area is 152 Å². The number of likely N-dealkylation sites (tertiary alicyclic amines) is 1. The van der Waals surface area contributed by atoms with Gasteiger partial charge in [-0.05, 0) is 24.8 Å². The van der Waals surface area contributed by atoms with Crippen LogP contribution in [0.1, 0.15) is 28.3 Å². The van der Waals surface area contributed by atoms with Crippen LogP contribution in [0.25, 0.3) is 0 Å². The van der Waals surface area contributed by atoms with E-state index >= 15 is 0 Å². The van der Waals surface area contributed by atoms with Crippen LogP contribution in [0.5, 0.6) is 0 Å². The summed E-state index contributed by atoms with van der Waals surface area (Å²) in [4.78, 5) is 19.8. The second kappa shape index (κ2) is 7.14. The average molecular weight is 356 g/mol. The SMILES string of the molecule is O=C1NCC2(CCN(Cc3cnc(CCc4ccccc4)s3)CC2)N1. The third-order valence-electron chi connectivity index (χ3n) is 5.23. The second-order valence-electron chi connectivity index (χ2n) is 7.07. The summed E-state index contributed by atoms with van der Waals surface area (Å²) in [6.45, 7) is 3.79. The summed E-state index contributed by atoms with van der Waals surface area (Å²) < 4.78 is 0. The van der Waals surface area contributed by atoms with Gasteiger partial charge < -0.3 is 10.6 Å². The minimum atomic E-state index is -0.0148. The van der Waals surface area contributed by atoms with E-state index in [1.165, 1.54) is 15.4 Å². The Kier molecular flexibility index (Phi) is 4.72. The Morgan fingerprint density at radius 1 is 1.16 bits per heavy atom. The van der Waals surface area contributed by atoms with E-state index in [9.17, 15) is 4.79 Å². The number of benzene rings is 1. The van der Waals surface area contributed by atoms with Gasteiger partial charge >= 0.3 is 6.03 Å². The summed E-state index contributed by atoms with van der Waals surface area (Å²) in [5.41, 5.74) is 1.36. The number of piperidine rings is 1. The van der Waals surface area contributed by atoms with Crippen molar-refractivity contribution in [2.45, 2.75) is 37.8 Å². The Hall–Kier alpha value is -1.92. The van der Waals surface area contributed by atoms with Gasteiger partial charge in [0.15, 0.2) is 0 Å². The van der Waals surface area contributed by atoms with Crippen LogP contribution in [0.15, 0.2) is 36.5 Å². The standard InChI is InChI=1S/C19H24N4OS/c24-18-21-14-19(22-18)8-10-23(11-9-19)13-16-12-20-17(25-16)7-6-15-4-2-1-3-5-15/h1-5,12H,6-11,13-14H2,(H2,21,22,24). The molecule has 2 fully saturated rings. The number of hydrogen-bond donors (Lipinski definition) is 2. The zero-order chi connectivity index (χ0) is 17.1. The normalized spacial score (nSPS) is 19.8. The van der Waals surface area contributed by atoms with E-state index in [0.717, 1.165) is 51.9 Å². The third kappa shape index (κ3) is 4.02. The average Bonchev–Trinajstić information content (AvgIpc) is 3.23. The van der Waals surface area contributed by atoms with Gasteiger partial charge in [0.25, 0.3) is 0 Å². The molecule has 2 aliphatic rings. The Morgan fingerprint density at radius 2 is 1.96 bits per heavy atom. The molecular weight excluding hydrogens is 332 g/mol. The number of hydrogen-bond acceptors (Lipinski definition) is 4. The van der Waals surface area contributed by atoms with Crippen molar-refractivity contribution in [2.75, 3.05) is 19.6 Å². The molecule has 0 bridgehead atoms. The molecule has 0 unspecified atom stereocenters. The first-order valence-corrected chi connectivity index (χ1v) is 9.78. The molecule has 2 amide bonds. The topological polar surface area (TPSA) is 57.3 Å². The van der Waals surface area contributed by atoms with Gasteiger partial charge in [-0.1, -0.05) is 30.3 Å². The fraction of sp³-hybridized carbons (Fsp3) is 0.474. The van der Waals surface area contributed by atoms with Crippen LogP contribution in [-0.4, -0.2) is 41.1 Å². The number of thiazole rings is 1. The van der Waals surface area contributed by atoms with Gasteiger partial charge in [0, 0.05) is 43.7 Å². The lowest BCUT2D eigenvalue weighted by molar-refractivity contribution is 0.151. The van der Waals surface area contributed by atoms with E-state index in [1.54, 1.807) is 0 Å². The number of amides is 2. The molecule has 0 atom stereocenters. The van der Waals surface area contributed by atoms with E-state index < -0.39 is 0 Å². The Bertz CT molecular complexity index is 722. The van der Waals surface area contributed by atoms with Gasteiger partial charge in [0.1, 0.15) is 0 Å². The Balaban J connectivity index is 1.26. The number of nitrogens with zero attached hydrogens (tertiary/aromatic N) is 2. The summed E-state index contributed by atoms with van der Waals surface area (Å²) in [5.74, 6) is 0. The fourth-order valence-corrected chi connectivity index (χ4v) is 4.64. The van der Waals surface area contributed by atoms with Gasteiger partial charge in [-0.3, -0.25) is 4.90 Å². The molecule has 1 spiro atoms. The molecule has 1 aromatic heterocycles. The minimum Gasteiger partial charge on any atom is -0.336 e. The van der Waals surface area contributed by atoms with Crippen molar-refractivity contribution in [3.05, 3.63) is 52.0 Å². The van der Waals surface area contributed by atoms with E-state index in [2.05, 4.69) is 50.8 Å². The predicted octanol–water partition coefficient (Wildman–Crippen LogP) is 2.58. The van der Waals surface area contributed by atoms with Gasteiger partial charge in [0.05, 0.1) is 10.5 Å². The largest absolute Gasteiger partial charge is 0.336 e. The molecule has 5 nitrogen and oxygen atoms in total. The van der Waals surface area contributed by atoms with E-state index in [0.29, 0.717) is 0 Å². The van der Waals surface area contributed by atoms with Gasteiger partial charge in [-0.2, -0.15) is 0 Å². The van der Waals surface area contributed by atoms with Crippen molar-refractivity contribution < 1.29 is 4.79 Å². The molecule has 1 aromatic carbocycles. The van der Waals surface area contributed by atoms with Crippen LogP contribution in [-0.2, 0) is 19.4 Å². The maximum Gasteiger partial charge on any atom is 0.315 e. The summed E-state index contributed by atoms with van der Waals surface area (Å²) in [6, 6.07) is 10.6. The number of urea groups is 1. The summed E-state index contributed by atoms with van der Waals surface area (Å²) in [5, 5.41) is 7.22. The quantitative estimate of drug-likeness (QED) is 0.866. The molecule has 2 N–H and O–H groups in total. The molecule has 4 rings (SSSR count). The van der Waals surface area contributed by atoms with Crippen molar-refractivity contribution in [1.82, 2.24) is 20.5 Å². The highest BCUT2D eigenvalue weighted by Crippen LogP contribution is 2.26. The molecule has 132 valence electrons. The lowest BCUT2D eigenvalue weighted by Gasteiger charge is -2.38. The lowest BCUT2D eigenvalue weighted by atomic mass is 9.88. The molecule has 2 aliphatic heterocycles. The highest BCUT2D eigenvalue weighted by Gasteiger charge is 2.40. The molecule has 25 heavy (non-hydrogen) atoms. The number of nitrogens with one attached hydrogen (secondary N) is 2. The van der Waals surface area contributed by atoms with E-state index in [-0.39, 0.29) is 11.6 Å². The maximum atomic E-state index is 11.4. The zero-order valence-electron chi connectivity index (χ0n) is 14.3. The molecule has 0 saturated carbocycles. The van der Waals surface area contributed by atoms with E-state index in [1.807, 2.05) is 17.5 Å². The third-order valence-corrected chi connectivity index (χ3v) is 6.27. The first-order valence-electron chi connectivity index (χ1n) is 8.97. The zero-order valence-corrected chi connectivity index (χ0v) is 15.1. The van der Waals surface area contributed by atoms with Crippen molar-refractivity contribution in [3.63, 3.8) is 0 Å². The van der Waals surface area contributed by atoms with Gasteiger partial charge in [0.2, 0.25) is 0 Å². The van der Waals surface area contributed by atoms with Crippen molar-refractivity contribution in [2.24, 2.45) is 0 Å². The second-order valence-corrected chi connectivity index (χ2v) is 8.27. The van der Waals surface area contributed by atoms with Crippen LogP contribution in [0.4, 0.5) is 4.79 Å². The lowest BCUT2D eigenvalue weighted by Crippen LogP contribution is -2.52. The van der Waals surface area contributed by atoms with Crippen LogP contribution in [0.3, 0.4) is 0 Å². The molecule has 6 heteroatoms. The molecule has 2 aromatic rings. The first kappa shape index (κ1) is 16.5. The number of carbonyl (C=O) groups excluding carboxylic acids is 1. The van der Waals surface area contributed by atoms with E-state index in [4.69, 9.17) is 0 Å². The van der Waals surface area contributed by atoms with Crippen molar-refractivity contribution in [3.8, 4) is 0 Å². The van der Waals surface area contributed by atoms with Gasteiger partial charge in [-0.25, -0.2) is 9.78 Å². The monoisotopic (exact) mass is 356 g/mol. The summed E-state index contributed by atoms with van der Waals surface area (Å²) >= 11 is 1.84. The van der Waals surface area contributed by atoms with Crippen LogP contribution < -0.4 is 10.6 Å². The van der Waals surface area contributed by atoms with Crippen LogP contribution in [0, 0.1) is 0 Å². The van der Waals surface area contributed by atoms with Gasteiger partial charge in [-0.15, -0.1) is 11.3 Å². The molecular formula is C19H24N4OS. The highest BCUT2D eigenvalue weighted by molar-refractivity contribution is 7.11.